The standard InChI is InChI=1S/C15H21N3O2/c1-4-17(5-2)14(20)10-18-13-9-7-6-8-12(13)16-15(18)11(3)19/h6-9,11,19H,4-5,10H2,1-3H3. The highest BCUT2D eigenvalue weighted by Gasteiger charge is 2.18. The lowest BCUT2D eigenvalue weighted by Gasteiger charge is -2.20. The maximum atomic E-state index is 12.3. The van der Waals surface area contributed by atoms with Crippen LogP contribution in [0.4, 0.5) is 0 Å². The molecule has 0 saturated heterocycles. The molecule has 0 bridgehead atoms. The molecule has 5 nitrogen and oxygen atoms in total. The number of aromatic nitrogens is 2. The molecule has 1 heterocycles. The van der Waals surface area contributed by atoms with Gasteiger partial charge in [0.05, 0.1) is 11.0 Å². The molecule has 0 aliphatic carbocycles. The predicted molar refractivity (Wildman–Crippen MR) is 78.3 cm³/mol. The SMILES string of the molecule is CCN(CC)C(=O)Cn1c(C(C)O)nc2ccccc21. The van der Waals surface area contributed by atoms with E-state index in [2.05, 4.69) is 4.98 Å². The van der Waals surface area contributed by atoms with Gasteiger partial charge in [0.25, 0.3) is 0 Å². The summed E-state index contributed by atoms with van der Waals surface area (Å²) >= 11 is 0. The van der Waals surface area contributed by atoms with E-state index in [1.54, 1.807) is 16.4 Å². The number of aliphatic hydroxyl groups is 1. The highest BCUT2D eigenvalue weighted by atomic mass is 16.3. The number of rotatable bonds is 5. The number of imidazole rings is 1. The van der Waals surface area contributed by atoms with Gasteiger partial charge < -0.3 is 14.6 Å². The third-order valence-electron chi connectivity index (χ3n) is 3.47. The Morgan fingerprint density at radius 1 is 1.35 bits per heavy atom. The van der Waals surface area contributed by atoms with E-state index in [4.69, 9.17) is 0 Å². The largest absolute Gasteiger partial charge is 0.385 e. The summed E-state index contributed by atoms with van der Waals surface area (Å²) in [6.45, 7) is 7.17. The first-order valence-corrected chi connectivity index (χ1v) is 6.99. The van der Waals surface area contributed by atoms with E-state index >= 15 is 0 Å². The van der Waals surface area contributed by atoms with E-state index in [0.717, 1.165) is 11.0 Å². The number of aliphatic hydroxyl groups excluding tert-OH is 1. The second-order valence-electron chi connectivity index (χ2n) is 4.79. The quantitative estimate of drug-likeness (QED) is 0.907. The number of carbonyl (C=O) groups excluding carboxylic acids is 1. The zero-order valence-electron chi connectivity index (χ0n) is 12.2. The van der Waals surface area contributed by atoms with Gasteiger partial charge in [0, 0.05) is 13.1 Å². The lowest BCUT2D eigenvalue weighted by Crippen LogP contribution is -2.33. The molecule has 0 aliphatic rings. The van der Waals surface area contributed by atoms with Gasteiger partial charge in [-0.1, -0.05) is 12.1 Å². The number of hydrogen-bond acceptors (Lipinski definition) is 3. The summed E-state index contributed by atoms with van der Waals surface area (Å²) < 4.78 is 1.81. The van der Waals surface area contributed by atoms with E-state index < -0.39 is 6.10 Å². The fourth-order valence-corrected chi connectivity index (χ4v) is 2.39. The summed E-state index contributed by atoms with van der Waals surface area (Å²) in [6.07, 6.45) is -0.702. The maximum absolute atomic E-state index is 12.3. The molecule has 1 aromatic carbocycles. The molecular weight excluding hydrogens is 254 g/mol. The molecule has 0 fully saturated rings. The Kier molecular flexibility index (Phi) is 4.39. The third-order valence-corrected chi connectivity index (χ3v) is 3.47. The topological polar surface area (TPSA) is 58.4 Å². The van der Waals surface area contributed by atoms with E-state index in [1.165, 1.54) is 0 Å². The van der Waals surface area contributed by atoms with Gasteiger partial charge in [0.15, 0.2) is 0 Å². The highest BCUT2D eigenvalue weighted by Crippen LogP contribution is 2.20. The Morgan fingerprint density at radius 3 is 2.60 bits per heavy atom. The van der Waals surface area contributed by atoms with E-state index in [0.29, 0.717) is 18.9 Å². The molecule has 5 heteroatoms. The van der Waals surface area contributed by atoms with Crippen LogP contribution in [0.3, 0.4) is 0 Å². The van der Waals surface area contributed by atoms with Crippen molar-refractivity contribution in [3.63, 3.8) is 0 Å². The molecule has 108 valence electrons. The van der Waals surface area contributed by atoms with Gasteiger partial charge in [-0.25, -0.2) is 4.98 Å². The minimum atomic E-state index is -0.702. The van der Waals surface area contributed by atoms with Crippen LogP contribution >= 0.6 is 0 Å². The van der Waals surface area contributed by atoms with Crippen LogP contribution < -0.4 is 0 Å². The monoisotopic (exact) mass is 275 g/mol. The molecule has 0 radical (unpaired) electrons. The van der Waals surface area contributed by atoms with Crippen molar-refractivity contribution in [1.82, 2.24) is 14.5 Å². The number of amides is 1. The molecule has 20 heavy (non-hydrogen) atoms. The second kappa shape index (κ2) is 6.05. The Hall–Kier alpha value is -1.88. The molecule has 0 aliphatic heterocycles. The normalized spacial score (nSPS) is 12.6. The number of carbonyl (C=O) groups is 1. The first-order valence-electron chi connectivity index (χ1n) is 6.99. The van der Waals surface area contributed by atoms with E-state index in [1.807, 2.05) is 38.1 Å². The number of benzene rings is 1. The molecule has 1 N–H and O–H groups in total. The van der Waals surface area contributed by atoms with Gasteiger partial charge in [-0.3, -0.25) is 4.79 Å². The van der Waals surface area contributed by atoms with E-state index in [-0.39, 0.29) is 12.5 Å². The Labute approximate surface area is 118 Å². The molecule has 1 unspecified atom stereocenters. The molecule has 1 atom stereocenters. The number of fused-ring (bicyclic) bond motifs is 1. The number of nitrogens with zero attached hydrogens (tertiary/aromatic N) is 3. The van der Waals surface area contributed by atoms with Crippen LogP contribution in [-0.4, -0.2) is 38.6 Å². The van der Waals surface area contributed by atoms with Crippen LogP contribution in [0.2, 0.25) is 0 Å². The lowest BCUT2D eigenvalue weighted by molar-refractivity contribution is -0.131. The summed E-state index contributed by atoms with van der Waals surface area (Å²) in [4.78, 5) is 18.5. The Bertz CT molecular complexity index is 600. The summed E-state index contributed by atoms with van der Waals surface area (Å²) in [7, 11) is 0. The van der Waals surface area contributed by atoms with Crippen LogP contribution in [0, 0.1) is 0 Å². The van der Waals surface area contributed by atoms with Crippen molar-refractivity contribution in [2.75, 3.05) is 13.1 Å². The predicted octanol–water partition coefficient (Wildman–Crippen LogP) is 1.96. The van der Waals surface area contributed by atoms with Crippen molar-refractivity contribution in [2.45, 2.75) is 33.4 Å². The minimum Gasteiger partial charge on any atom is -0.385 e. The smallest absolute Gasteiger partial charge is 0.242 e. The Morgan fingerprint density at radius 2 is 2.00 bits per heavy atom. The molecular formula is C15H21N3O2. The fraction of sp³-hybridized carbons (Fsp3) is 0.467. The van der Waals surface area contributed by atoms with E-state index in [9.17, 15) is 9.90 Å². The molecule has 1 amide bonds. The molecule has 2 rings (SSSR count). The molecule has 1 aromatic heterocycles. The Balaban J connectivity index is 2.41. The van der Waals surface area contributed by atoms with Crippen molar-refractivity contribution in [3.8, 4) is 0 Å². The number of likely N-dealkylation sites (N-methyl/N-ethyl adjacent to an activating group) is 1. The van der Waals surface area contributed by atoms with Crippen LogP contribution in [-0.2, 0) is 11.3 Å². The third kappa shape index (κ3) is 2.67. The average Bonchev–Trinajstić information content (AvgIpc) is 2.79. The van der Waals surface area contributed by atoms with Crippen molar-refractivity contribution >= 4 is 16.9 Å². The summed E-state index contributed by atoms with van der Waals surface area (Å²) in [5, 5.41) is 9.86. The highest BCUT2D eigenvalue weighted by molar-refractivity contribution is 5.81. The van der Waals surface area contributed by atoms with Crippen molar-refractivity contribution < 1.29 is 9.90 Å². The summed E-state index contributed by atoms with van der Waals surface area (Å²) in [5.74, 6) is 0.576. The van der Waals surface area contributed by atoms with Crippen LogP contribution in [0.5, 0.6) is 0 Å². The molecule has 0 spiro atoms. The van der Waals surface area contributed by atoms with Crippen molar-refractivity contribution in [2.24, 2.45) is 0 Å². The first kappa shape index (κ1) is 14.5. The fourth-order valence-electron chi connectivity index (χ4n) is 2.39. The van der Waals surface area contributed by atoms with Crippen molar-refractivity contribution in [1.29, 1.82) is 0 Å². The van der Waals surface area contributed by atoms with Gasteiger partial charge in [0.2, 0.25) is 5.91 Å². The van der Waals surface area contributed by atoms with Gasteiger partial charge in [-0.2, -0.15) is 0 Å². The summed E-state index contributed by atoms with van der Waals surface area (Å²) in [6, 6.07) is 7.62. The maximum Gasteiger partial charge on any atom is 0.242 e. The zero-order chi connectivity index (χ0) is 14.7. The number of para-hydroxylation sites is 2. The molecule has 2 aromatic rings. The molecule has 0 saturated carbocycles. The average molecular weight is 275 g/mol. The first-order chi connectivity index (χ1) is 9.58. The van der Waals surface area contributed by atoms with Crippen LogP contribution in [0.1, 0.15) is 32.7 Å². The van der Waals surface area contributed by atoms with Crippen LogP contribution in [0.25, 0.3) is 11.0 Å². The van der Waals surface area contributed by atoms with Crippen LogP contribution in [0.15, 0.2) is 24.3 Å². The summed E-state index contributed by atoms with van der Waals surface area (Å²) in [5.41, 5.74) is 1.68. The van der Waals surface area contributed by atoms with Gasteiger partial charge in [-0.05, 0) is 32.9 Å². The van der Waals surface area contributed by atoms with Gasteiger partial charge in [0.1, 0.15) is 18.5 Å². The van der Waals surface area contributed by atoms with Gasteiger partial charge >= 0.3 is 0 Å². The minimum absolute atomic E-state index is 0.0417. The zero-order valence-corrected chi connectivity index (χ0v) is 12.2. The second-order valence-corrected chi connectivity index (χ2v) is 4.79. The van der Waals surface area contributed by atoms with Crippen molar-refractivity contribution in [3.05, 3.63) is 30.1 Å². The number of hydrogen-bond donors (Lipinski definition) is 1. The van der Waals surface area contributed by atoms with Gasteiger partial charge in [-0.15, -0.1) is 0 Å². The lowest BCUT2D eigenvalue weighted by atomic mass is 10.3.